The van der Waals surface area contributed by atoms with E-state index in [-0.39, 0.29) is 0 Å². The molecule has 1 saturated heterocycles. The molecule has 7 atom stereocenters. The summed E-state index contributed by atoms with van der Waals surface area (Å²) in [5, 5.41) is 22.4. The Morgan fingerprint density at radius 3 is 2.31 bits per heavy atom. The fraction of sp³-hybridized carbons (Fsp3) is 0.733. The normalized spacial score (nSPS) is 30.9. The van der Waals surface area contributed by atoms with Crippen LogP contribution in [0.4, 0.5) is 0 Å². The third kappa shape index (κ3) is 7.98. The number of nitrogens with zero attached hydrogens (tertiary/aromatic N) is 1. The summed E-state index contributed by atoms with van der Waals surface area (Å²) in [4.78, 5) is 54.2. The van der Waals surface area contributed by atoms with Gasteiger partial charge in [0.1, 0.15) is 18.3 Å². The van der Waals surface area contributed by atoms with Crippen LogP contribution >= 0.6 is 23.4 Å². The molecule has 0 bridgehead atoms. The number of aromatic nitrogens is 2. The summed E-state index contributed by atoms with van der Waals surface area (Å²) in [6.07, 6.45) is -2.04. The third-order valence-electron chi connectivity index (χ3n) is 5.24. The summed E-state index contributed by atoms with van der Waals surface area (Å²) < 4.78 is 55.0. The van der Waals surface area contributed by atoms with Crippen LogP contribution in [0, 0.1) is 0 Å². The van der Waals surface area contributed by atoms with E-state index < -0.39 is 71.8 Å². The topological polar surface area (TPSA) is 256 Å². The molecule has 17 nitrogen and oxygen atoms in total. The number of hydrogen-bond donors (Lipinski definition) is 7. The highest BCUT2D eigenvalue weighted by Gasteiger charge is 2.47. The van der Waals surface area contributed by atoms with Crippen molar-refractivity contribution in [2.75, 3.05) is 6.61 Å². The van der Waals surface area contributed by atoms with Crippen LogP contribution in [-0.2, 0) is 31.6 Å². The van der Waals surface area contributed by atoms with Gasteiger partial charge in [0, 0.05) is 18.3 Å². The minimum absolute atomic E-state index is 0.466. The van der Waals surface area contributed by atoms with Crippen molar-refractivity contribution < 1.29 is 56.5 Å². The fourth-order valence-corrected chi connectivity index (χ4v) is 7.67. The lowest BCUT2D eigenvalue weighted by Gasteiger charge is -2.26. The summed E-state index contributed by atoms with van der Waals surface area (Å²) in [5.74, 6) is 0. The van der Waals surface area contributed by atoms with Crippen molar-refractivity contribution >= 4 is 23.4 Å². The Morgan fingerprint density at radius 2 is 1.69 bits per heavy atom. The average Bonchev–Trinajstić information content (AvgIpc) is 2.99. The van der Waals surface area contributed by atoms with Gasteiger partial charge in [-0.15, -0.1) is 0 Å². The SMILES string of the molecule is O=c1ccn(C2OC(COP(=O)(O)OP(=O)(O)OP(=O)(O)NC3CCCCC3)C(O)C2O)c(=O)[nH]1. The number of aliphatic hydroxyl groups excluding tert-OH is 2. The van der Waals surface area contributed by atoms with E-state index in [4.69, 9.17) is 4.74 Å². The van der Waals surface area contributed by atoms with Gasteiger partial charge in [-0.2, -0.15) is 8.62 Å². The van der Waals surface area contributed by atoms with E-state index in [1.54, 1.807) is 0 Å². The summed E-state index contributed by atoms with van der Waals surface area (Å²) in [7, 11) is -16.0. The lowest BCUT2D eigenvalue weighted by atomic mass is 9.96. The number of phosphoric acid groups is 2. The molecule has 7 unspecified atom stereocenters. The number of aromatic amines is 1. The maximum absolute atomic E-state index is 12.1. The number of nitrogens with one attached hydrogen (secondary N) is 2. The molecule has 0 amide bonds. The van der Waals surface area contributed by atoms with Gasteiger partial charge < -0.3 is 29.6 Å². The molecule has 2 heterocycles. The van der Waals surface area contributed by atoms with Crippen molar-refractivity contribution in [2.45, 2.75) is 62.7 Å². The smallest absolute Gasteiger partial charge is 0.387 e. The molecule has 1 aromatic heterocycles. The third-order valence-corrected chi connectivity index (χ3v) is 9.76. The van der Waals surface area contributed by atoms with E-state index in [0.717, 1.165) is 36.1 Å². The van der Waals surface area contributed by atoms with Gasteiger partial charge in [-0.1, -0.05) is 19.3 Å². The second-order valence-corrected chi connectivity index (χ2v) is 12.7. The Hall–Kier alpha value is -1.03. The average molecular weight is 565 g/mol. The molecule has 20 heteroatoms. The van der Waals surface area contributed by atoms with E-state index in [1.165, 1.54) is 0 Å². The molecule has 35 heavy (non-hydrogen) atoms. The van der Waals surface area contributed by atoms with Crippen molar-refractivity contribution in [3.05, 3.63) is 33.1 Å². The van der Waals surface area contributed by atoms with Gasteiger partial charge in [-0.3, -0.25) is 18.9 Å². The molecule has 3 rings (SSSR count). The van der Waals surface area contributed by atoms with Crippen LogP contribution in [0.1, 0.15) is 38.3 Å². The van der Waals surface area contributed by atoms with Crippen molar-refractivity contribution in [3.8, 4) is 0 Å². The summed E-state index contributed by atoms with van der Waals surface area (Å²) >= 11 is 0. The molecule has 7 N–H and O–H groups in total. The maximum Gasteiger partial charge on any atom is 0.489 e. The Bertz CT molecular complexity index is 1150. The first-order valence-corrected chi connectivity index (χ1v) is 14.9. The molecule has 1 aliphatic carbocycles. The van der Waals surface area contributed by atoms with Crippen molar-refractivity contribution in [2.24, 2.45) is 0 Å². The number of H-pyrrole nitrogens is 1. The van der Waals surface area contributed by atoms with E-state index in [0.29, 0.717) is 12.8 Å². The minimum Gasteiger partial charge on any atom is -0.387 e. The number of rotatable bonds is 10. The van der Waals surface area contributed by atoms with E-state index in [1.807, 2.05) is 4.98 Å². The maximum atomic E-state index is 12.1. The van der Waals surface area contributed by atoms with Crippen LogP contribution < -0.4 is 16.3 Å². The Balaban J connectivity index is 1.57. The molecule has 2 fully saturated rings. The van der Waals surface area contributed by atoms with Gasteiger partial charge in [0.25, 0.3) is 5.56 Å². The zero-order valence-corrected chi connectivity index (χ0v) is 20.7. The van der Waals surface area contributed by atoms with Gasteiger partial charge in [-0.25, -0.2) is 23.6 Å². The monoisotopic (exact) mass is 565 g/mol. The Morgan fingerprint density at radius 1 is 1.03 bits per heavy atom. The molecule has 0 aromatic carbocycles. The largest absolute Gasteiger partial charge is 0.489 e. The molecule has 1 aliphatic heterocycles. The van der Waals surface area contributed by atoms with Crippen LogP contribution in [0.3, 0.4) is 0 Å². The summed E-state index contributed by atoms with van der Waals surface area (Å²) in [5.41, 5.74) is -1.70. The van der Waals surface area contributed by atoms with Gasteiger partial charge in [-0.05, 0) is 12.8 Å². The zero-order valence-electron chi connectivity index (χ0n) is 18.0. The highest BCUT2D eigenvalue weighted by Crippen LogP contribution is 2.66. The van der Waals surface area contributed by atoms with E-state index in [9.17, 15) is 48.2 Å². The molecule has 0 radical (unpaired) electrons. The minimum atomic E-state index is -5.61. The van der Waals surface area contributed by atoms with E-state index in [2.05, 4.69) is 18.2 Å². The van der Waals surface area contributed by atoms with Crippen LogP contribution in [0.15, 0.2) is 21.9 Å². The Kier molecular flexibility index (Phi) is 9.09. The first-order valence-electron chi connectivity index (χ1n) is 10.3. The van der Waals surface area contributed by atoms with Gasteiger partial charge in [0.05, 0.1) is 6.61 Å². The molecule has 1 saturated carbocycles. The molecule has 2 aliphatic rings. The number of hydrogen-bond acceptors (Lipinski definition) is 11. The van der Waals surface area contributed by atoms with Gasteiger partial charge in [0.15, 0.2) is 6.23 Å². The van der Waals surface area contributed by atoms with Crippen LogP contribution in [0.2, 0.25) is 0 Å². The van der Waals surface area contributed by atoms with E-state index >= 15 is 0 Å². The lowest BCUT2D eigenvalue weighted by molar-refractivity contribution is -0.0542. The molecule has 1 aromatic rings. The highest BCUT2D eigenvalue weighted by molar-refractivity contribution is 7.67. The number of phosphoric ester groups is 1. The first kappa shape index (κ1) is 28.5. The van der Waals surface area contributed by atoms with Crippen molar-refractivity contribution in [1.29, 1.82) is 0 Å². The predicted octanol–water partition coefficient (Wildman–Crippen LogP) is -0.571. The quantitative estimate of drug-likeness (QED) is 0.175. The Labute approximate surface area is 197 Å². The summed E-state index contributed by atoms with van der Waals surface area (Å²) in [6, 6.07) is 0.484. The van der Waals surface area contributed by atoms with Crippen LogP contribution in [-0.4, -0.2) is 65.4 Å². The fourth-order valence-electron chi connectivity index (χ4n) is 3.69. The van der Waals surface area contributed by atoms with Crippen molar-refractivity contribution in [1.82, 2.24) is 14.6 Å². The van der Waals surface area contributed by atoms with Crippen molar-refractivity contribution in [3.63, 3.8) is 0 Å². The number of aliphatic hydroxyl groups is 2. The van der Waals surface area contributed by atoms with Crippen LogP contribution in [0.5, 0.6) is 0 Å². The zero-order chi connectivity index (χ0) is 26.0. The standard InChI is InChI=1S/C15H26N3O14P3/c19-11-6-7-18(15(22)16-11)14-13(21)12(20)10(30-14)8-29-34(25,26)32-35(27,28)31-33(23,24)17-9-4-2-1-3-5-9/h6-7,9-10,12-14,20-21H,1-5,8H2,(H,25,26)(H,27,28)(H,16,19,22)(H2,17,23,24). The van der Waals surface area contributed by atoms with Gasteiger partial charge in [0.2, 0.25) is 0 Å². The second kappa shape index (κ2) is 11.2. The molecular formula is C15H26N3O14P3. The predicted molar refractivity (Wildman–Crippen MR) is 115 cm³/mol. The second-order valence-electron chi connectivity index (χ2n) is 7.94. The van der Waals surface area contributed by atoms with Crippen LogP contribution in [0.25, 0.3) is 0 Å². The summed E-state index contributed by atoms with van der Waals surface area (Å²) in [6.45, 7) is -0.988. The lowest BCUT2D eigenvalue weighted by Crippen LogP contribution is -2.37. The highest BCUT2D eigenvalue weighted by atomic mass is 31.3. The number of ether oxygens (including phenoxy) is 1. The molecular weight excluding hydrogens is 539 g/mol. The molecule has 0 spiro atoms. The first-order chi connectivity index (χ1) is 16.2. The molecule has 200 valence electrons. The van der Waals surface area contributed by atoms with Gasteiger partial charge >= 0.3 is 29.1 Å².